The Morgan fingerprint density at radius 1 is 1.11 bits per heavy atom. The molecule has 1 aliphatic carbocycles. The number of hydrogen-bond acceptors (Lipinski definition) is 5. The number of aliphatic hydroxyl groups excluding tert-OH is 2. The van der Waals surface area contributed by atoms with E-state index in [9.17, 15) is 10.2 Å². The lowest BCUT2D eigenvalue weighted by atomic mass is 9.88. The van der Waals surface area contributed by atoms with E-state index in [0.717, 1.165) is 17.8 Å². The summed E-state index contributed by atoms with van der Waals surface area (Å²) in [5.74, 6) is 0.731. The Hall–Kier alpha value is -1.82. The highest BCUT2D eigenvalue weighted by Crippen LogP contribution is 2.35. The van der Waals surface area contributed by atoms with Crippen molar-refractivity contribution in [3.8, 4) is 11.4 Å². The van der Waals surface area contributed by atoms with Crippen LogP contribution in [0.1, 0.15) is 32.9 Å². The van der Waals surface area contributed by atoms with Crippen LogP contribution >= 0.6 is 0 Å². The van der Waals surface area contributed by atoms with Crippen LogP contribution in [0.25, 0.3) is 11.4 Å². The van der Waals surface area contributed by atoms with Crippen LogP contribution < -0.4 is 5.32 Å². The van der Waals surface area contributed by atoms with Gasteiger partial charge >= 0.3 is 0 Å². The average Bonchev–Trinajstić information content (AvgIpc) is 2.95. The zero-order chi connectivity index (χ0) is 19.4. The second kappa shape index (κ2) is 8.46. The van der Waals surface area contributed by atoms with Gasteiger partial charge < -0.3 is 15.5 Å². The summed E-state index contributed by atoms with van der Waals surface area (Å²) in [6, 6.07) is 12.0. The van der Waals surface area contributed by atoms with Gasteiger partial charge in [-0.05, 0) is 30.2 Å². The molecule has 0 spiro atoms. The number of benzene rings is 1. The van der Waals surface area contributed by atoms with Gasteiger partial charge in [0.25, 0.3) is 0 Å². The van der Waals surface area contributed by atoms with E-state index in [0.29, 0.717) is 18.7 Å². The summed E-state index contributed by atoms with van der Waals surface area (Å²) in [5.41, 5.74) is 2.11. The number of rotatable bonds is 6. The molecule has 27 heavy (non-hydrogen) atoms. The summed E-state index contributed by atoms with van der Waals surface area (Å²) in [5, 5.41) is 23.9. The van der Waals surface area contributed by atoms with E-state index in [4.69, 9.17) is 4.98 Å². The van der Waals surface area contributed by atoms with E-state index < -0.39 is 6.10 Å². The largest absolute Gasteiger partial charge is 0.396 e. The third-order valence-corrected chi connectivity index (χ3v) is 5.35. The smallest absolute Gasteiger partial charge is 0.159 e. The summed E-state index contributed by atoms with van der Waals surface area (Å²) in [6.45, 7) is 7.45. The first-order chi connectivity index (χ1) is 12.9. The van der Waals surface area contributed by atoms with Crippen LogP contribution in [-0.2, 0) is 6.42 Å². The van der Waals surface area contributed by atoms with E-state index in [2.05, 4.69) is 31.1 Å². The minimum Gasteiger partial charge on any atom is -0.396 e. The molecule has 3 N–H and O–H groups in total. The van der Waals surface area contributed by atoms with Crippen molar-refractivity contribution in [2.45, 2.75) is 45.8 Å². The van der Waals surface area contributed by atoms with E-state index in [1.54, 1.807) is 6.20 Å². The Morgan fingerprint density at radius 3 is 2.52 bits per heavy atom. The molecule has 5 nitrogen and oxygen atoms in total. The standard InChI is InChI=1S/C22H31N3O2/c1-22(2,3)14-24-19-12-20(27)18(13-26)17(19)11-16-9-10-23-21(25-16)15-7-5-4-6-8-15/h4-10,17-20,24,26-27H,11-14H2,1-3H3. The number of nitrogens with zero attached hydrogens (tertiary/aromatic N) is 2. The molecule has 0 amide bonds. The van der Waals surface area contributed by atoms with Crippen LogP contribution in [0.3, 0.4) is 0 Å². The molecule has 0 aliphatic heterocycles. The zero-order valence-corrected chi connectivity index (χ0v) is 16.5. The Labute approximate surface area is 161 Å². The number of aliphatic hydroxyl groups is 2. The summed E-state index contributed by atoms with van der Waals surface area (Å²) >= 11 is 0. The molecule has 1 aromatic carbocycles. The molecule has 0 radical (unpaired) electrons. The minimum absolute atomic E-state index is 0.00381. The quantitative estimate of drug-likeness (QED) is 0.730. The summed E-state index contributed by atoms with van der Waals surface area (Å²) in [6.07, 6.45) is 2.70. The van der Waals surface area contributed by atoms with Gasteiger partial charge in [-0.15, -0.1) is 0 Å². The molecule has 0 bridgehead atoms. The normalized spacial score (nSPS) is 25.7. The first-order valence-corrected chi connectivity index (χ1v) is 9.77. The molecule has 4 atom stereocenters. The average molecular weight is 370 g/mol. The first kappa shape index (κ1) is 19.9. The van der Waals surface area contributed by atoms with Crippen LogP contribution in [0.15, 0.2) is 42.6 Å². The fraction of sp³-hybridized carbons (Fsp3) is 0.545. The molecule has 146 valence electrons. The lowest BCUT2D eigenvalue weighted by Gasteiger charge is -2.28. The predicted octanol–water partition coefficient (Wildman–Crippen LogP) is 2.68. The molecule has 1 fully saturated rings. The van der Waals surface area contributed by atoms with Crippen LogP contribution in [0.2, 0.25) is 0 Å². The zero-order valence-electron chi connectivity index (χ0n) is 16.5. The van der Waals surface area contributed by atoms with Crippen LogP contribution in [0.4, 0.5) is 0 Å². The molecular weight excluding hydrogens is 338 g/mol. The second-order valence-electron chi connectivity index (χ2n) is 8.80. The van der Waals surface area contributed by atoms with Gasteiger partial charge in [-0.3, -0.25) is 0 Å². The first-order valence-electron chi connectivity index (χ1n) is 9.77. The highest BCUT2D eigenvalue weighted by atomic mass is 16.3. The van der Waals surface area contributed by atoms with Crippen LogP contribution in [0, 0.1) is 17.3 Å². The van der Waals surface area contributed by atoms with Crippen molar-refractivity contribution in [2.75, 3.05) is 13.2 Å². The molecular formula is C22H31N3O2. The van der Waals surface area contributed by atoms with Gasteiger partial charge in [0.1, 0.15) is 0 Å². The maximum absolute atomic E-state index is 10.4. The van der Waals surface area contributed by atoms with E-state index in [1.807, 2.05) is 36.4 Å². The summed E-state index contributed by atoms with van der Waals surface area (Å²) in [7, 11) is 0. The van der Waals surface area contributed by atoms with Gasteiger partial charge in [-0.2, -0.15) is 0 Å². The lowest BCUT2D eigenvalue weighted by Crippen LogP contribution is -2.40. The topological polar surface area (TPSA) is 78.3 Å². The summed E-state index contributed by atoms with van der Waals surface area (Å²) in [4.78, 5) is 9.14. The second-order valence-corrected chi connectivity index (χ2v) is 8.80. The van der Waals surface area contributed by atoms with E-state index in [-0.39, 0.29) is 29.9 Å². The Bertz CT molecular complexity index is 730. The van der Waals surface area contributed by atoms with Crippen molar-refractivity contribution in [1.29, 1.82) is 0 Å². The lowest BCUT2D eigenvalue weighted by molar-refractivity contribution is 0.0715. The molecule has 0 saturated heterocycles. The van der Waals surface area contributed by atoms with Gasteiger partial charge in [-0.25, -0.2) is 9.97 Å². The van der Waals surface area contributed by atoms with E-state index >= 15 is 0 Å². The SMILES string of the molecule is CC(C)(C)CNC1CC(O)C(CO)C1Cc1ccnc(-c2ccccc2)n1. The Balaban J connectivity index is 1.78. The van der Waals surface area contributed by atoms with Crippen molar-refractivity contribution >= 4 is 0 Å². The fourth-order valence-electron chi connectivity index (χ4n) is 3.89. The fourth-order valence-corrected chi connectivity index (χ4v) is 3.89. The van der Waals surface area contributed by atoms with Crippen molar-refractivity contribution < 1.29 is 10.2 Å². The molecule has 5 heteroatoms. The highest BCUT2D eigenvalue weighted by molar-refractivity contribution is 5.54. The third-order valence-electron chi connectivity index (χ3n) is 5.35. The molecule has 1 aromatic heterocycles. The summed E-state index contributed by atoms with van der Waals surface area (Å²) < 4.78 is 0. The molecule has 1 heterocycles. The number of hydrogen-bond donors (Lipinski definition) is 3. The molecule has 4 unspecified atom stereocenters. The minimum atomic E-state index is -0.479. The van der Waals surface area contributed by atoms with Crippen molar-refractivity contribution in [3.05, 3.63) is 48.3 Å². The van der Waals surface area contributed by atoms with Gasteiger partial charge in [0.05, 0.1) is 6.10 Å². The molecule has 3 rings (SSSR count). The number of nitrogens with one attached hydrogen (secondary N) is 1. The Morgan fingerprint density at radius 2 is 1.85 bits per heavy atom. The maximum Gasteiger partial charge on any atom is 0.159 e. The monoisotopic (exact) mass is 369 g/mol. The van der Waals surface area contributed by atoms with E-state index in [1.165, 1.54) is 0 Å². The van der Waals surface area contributed by atoms with Gasteiger partial charge in [-0.1, -0.05) is 51.1 Å². The number of aromatic nitrogens is 2. The van der Waals surface area contributed by atoms with Gasteiger partial charge in [0, 0.05) is 42.6 Å². The Kier molecular flexibility index (Phi) is 6.25. The maximum atomic E-state index is 10.4. The molecule has 1 saturated carbocycles. The molecule has 2 aromatic rings. The van der Waals surface area contributed by atoms with Gasteiger partial charge in [0.2, 0.25) is 0 Å². The highest BCUT2D eigenvalue weighted by Gasteiger charge is 2.42. The molecule has 1 aliphatic rings. The van der Waals surface area contributed by atoms with Crippen molar-refractivity contribution in [3.63, 3.8) is 0 Å². The van der Waals surface area contributed by atoms with Gasteiger partial charge in [0.15, 0.2) is 5.82 Å². The van der Waals surface area contributed by atoms with Crippen LogP contribution in [0.5, 0.6) is 0 Å². The predicted molar refractivity (Wildman–Crippen MR) is 107 cm³/mol. The van der Waals surface area contributed by atoms with Crippen LogP contribution in [-0.4, -0.2) is 45.5 Å². The van der Waals surface area contributed by atoms with Crippen molar-refractivity contribution in [2.24, 2.45) is 17.3 Å². The third kappa shape index (κ3) is 5.12. The van der Waals surface area contributed by atoms with Crippen molar-refractivity contribution in [1.82, 2.24) is 15.3 Å².